The molecule has 6 heteroatoms. The molecule has 0 radical (unpaired) electrons. The summed E-state index contributed by atoms with van der Waals surface area (Å²) in [4.78, 5) is 11.5. The molecule has 1 atom stereocenters. The van der Waals surface area contributed by atoms with Crippen LogP contribution < -0.4 is 10.6 Å². The molecule has 1 unspecified atom stereocenters. The summed E-state index contributed by atoms with van der Waals surface area (Å²) < 4.78 is 30.9. The number of carbonyl (C=O) groups is 1. The van der Waals surface area contributed by atoms with E-state index in [1.807, 2.05) is 0 Å². The van der Waals surface area contributed by atoms with Crippen LogP contribution in [0.25, 0.3) is 0 Å². The third-order valence-electron chi connectivity index (χ3n) is 2.19. The molecule has 0 saturated carbocycles. The maximum atomic E-state index is 13.2. The van der Waals surface area contributed by atoms with Gasteiger partial charge in [-0.15, -0.1) is 0 Å². The smallest absolute Gasteiger partial charge is 0.239 e. The van der Waals surface area contributed by atoms with E-state index in [0.29, 0.717) is 6.61 Å². The van der Waals surface area contributed by atoms with Crippen molar-refractivity contribution in [3.63, 3.8) is 0 Å². The summed E-state index contributed by atoms with van der Waals surface area (Å²) >= 11 is 0. The Hall–Kier alpha value is -1.69. The molecule has 0 aliphatic carbocycles. The Labute approximate surface area is 104 Å². The first-order valence-corrected chi connectivity index (χ1v) is 5.50. The van der Waals surface area contributed by atoms with Crippen molar-refractivity contribution >= 4 is 11.6 Å². The molecule has 1 aromatic carbocycles. The van der Waals surface area contributed by atoms with Crippen LogP contribution in [-0.4, -0.2) is 32.2 Å². The highest BCUT2D eigenvalue weighted by Gasteiger charge is 2.08. The van der Waals surface area contributed by atoms with Crippen LogP contribution in [-0.2, 0) is 9.53 Å². The fourth-order valence-electron chi connectivity index (χ4n) is 1.43. The highest BCUT2D eigenvalue weighted by molar-refractivity contribution is 5.80. The Balaban J connectivity index is 2.45. The van der Waals surface area contributed by atoms with E-state index in [0.717, 1.165) is 18.2 Å². The van der Waals surface area contributed by atoms with Gasteiger partial charge in [0.05, 0.1) is 18.8 Å². The van der Waals surface area contributed by atoms with Gasteiger partial charge in [-0.1, -0.05) is 0 Å². The van der Waals surface area contributed by atoms with Crippen molar-refractivity contribution < 1.29 is 18.3 Å². The number of ether oxygens (including phenoxy) is 1. The number of rotatable bonds is 6. The third-order valence-corrected chi connectivity index (χ3v) is 2.19. The lowest BCUT2D eigenvalue weighted by Crippen LogP contribution is -2.39. The molecule has 0 aliphatic heterocycles. The lowest BCUT2D eigenvalue weighted by Gasteiger charge is -2.13. The highest BCUT2D eigenvalue weighted by atomic mass is 19.1. The van der Waals surface area contributed by atoms with E-state index < -0.39 is 11.6 Å². The largest absolute Gasteiger partial charge is 0.383 e. The first-order valence-electron chi connectivity index (χ1n) is 5.50. The van der Waals surface area contributed by atoms with E-state index in [4.69, 9.17) is 4.74 Å². The van der Waals surface area contributed by atoms with Crippen LogP contribution in [0.3, 0.4) is 0 Å². The number of benzene rings is 1. The lowest BCUT2D eigenvalue weighted by molar-refractivity contribution is -0.120. The molecule has 0 saturated heterocycles. The normalized spacial score (nSPS) is 12.0. The van der Waals surface area contributed by atoms with Crippen molar-refractivity contribution in [1.29, 1.82) is 0 Å². The molecule has 0 heterocycles. The SMILES string of the molecule is COCC(C)NC(=O)CNc1cc(F)ccc1F. The van der Waals surface area contributed by atoms with Gasteiger partial charge in [-0.3, -0.25) is 4.79 Å². The minimum Gasteiger partial charge on any atom is -0.383 e. The Morgan fingerprint density at radius 3 is 2.83 bits per heavy atom. The number of amides is 1. The second-order valence-electron chi connectivity index (χ2n) is 3.90. The molecule has 2 N–H and O–H groups in total. The zero-order valence-corrected chi connectivity index (χ0v) is 10.3. The van der Waals surface area contributed by atoms with Gasteiger partial charge in [-0.2, -0.15) is 0 Å². The Bertz CT molecular complexity index is 413. The van der Waals surface area contributed by atoms with E-state index >= 15 is 0 Å². The highest BCUT2D eigenvalue weighted by Crippen LogP contribution is 2.14. The molecule has 4 nitrogen and oxygen atoms in total. The summed E-state index contributed by atoms with van der Waals surface area (Å²) in [7, 11) is 1.53. The van der Waals surface area contributed by atoms with Gasteiger partial charge in [0.25, 0.3) is 0 Å². The number of anilines is 1. The minimum absolute atomic E-state index is 0.0375. The van der Waals surface area contributed by atoms with Crippen LogP contribution in [0.15, 0.2) is 18.2 Å². The molecule has 1 rings (SSSR count). The van der Waals surface area contributed by atoms with Crippen molar-refractivity contribution in [1.82, 2.24) is 5.32 Å². The second kappa shape index (κ2) is 6.90. The van der Waals surface area contributed by atoms with Gasteiger partial charge >= 0.3 is 0 Å². The summed E-state index contributed by atoms with van der Waals surface area (Å²) in [6, 6.07) is 2.88. The fourth-order valence-corrected chi connectivity index (χ4v) is 1.43. The van der Waals surface area contributed by atoms with E-state index in [2.05, 4.69) is 10.6 Å². The predicted octanol–water partition coefficient (Wildman–Crippen LogP) is 1.53. The number of hydrogen-bond donors (Lipinski definition) is 2. The quantitative estimate of drug-likeness (QED) is 0.813. The van der Waals surface area contributed by atoms with Crippen LogP contribution in [0, 0.1) is 11.6 Å². The van der Waals surface area contributed by atoms with Gasteiger partial charge < -0.3 is 15.4 Å². The first kappa shape index (κ1) is 14.4. The van der Waals surface area contributed by atoms with Crippen molar-refractivity contribution in [3.05, 3.63) is 29.8 Å². The first-order chi connectivity index (χ1) is 8.52. The summed E-state index contributed by atoms with van der Waals surface area (Å²) in [5.41, 5.74) is -0.0375. The van der Waals surface area contributed by atoms with Crippen molar-refractivity contribution in [2.24, 2.45) is 0 Å². The number of nitrogens with one attached hydrogen (secondary N) is 2. The molecule has 0 fully saturated rings. The van der Waals surface area contributed by atoms with Crippen LogP contribution >= 0.6 is 0 Å². The molecule has 0 spiro atoms. The lowest BCUT2D eigenvalue weighted by atomic mass is 10.3. The molecule has 1 amide bonds. The van der Waals surface area contributed by atoms with Crippen molar-refractivity contribution in [2.45, 2.75) is 13.0 Å². The Kier molecular flexibility index (Phi) is 5.51. The molecule has 0 aliphatic rings. The zero-order chi connectivity index (χ0) is 13.5. The van der Waals surface area contributed by atoms with E-state index in [9.17, 15) is 13.6 Å². The molecular formula is C12H16F2N2O2. The number of hydrogen-bond acceptors (Lipinski definition) is 3. The zero-order valence-electron chi connectivity index (χ0n) is 10.3. The molecule has 0 aromatic heterocycles. The molecule has 100 valence electrons. The summed E-state index contributed by atoms with van der Waals surface area (Å²) in [5.74, 6) is -1.48. The minimum atomic E-state index is -0.603. The van der Waals surface area contributed by atoms with Gasteiger partial charge in [0, 0.05) is 13.2 Å². The van der Waals surface area contributed by atoms with Gasteiger partial charge in [0.2, 0.25) is 5.91 Å². The standard InChI is InChI=1S/C12H16F2N2O2/c1-8(7-18-2)16-12(17)6-15-11-5-9(13)3-4-10(11)14/h3-5,8,15H,6-7H2,1-2H3,(H,16,17). The van der Waals surface area contributed by atoms with Crippen molar-refractivity contribution in [3.8, 4) is 0 Å². The Morgan fingerprint density at radius 2 is 2.17 bits per heavy atom. The van der Waals surface area contributed by atoms with Crippen LogP contribution in [0.5, 0.6) is 0 Å². The van der Waals surface area contributed by atoms with Crippen molar-refractivity contribution in [2.75, 3.05) is 25.6 Å². The van der Waals surface area contributed by atoms with Crippen LogP contribution in [0.1, 0.15) is 6.92 Å². The summed E-state index contributed by atoms with van der Waals surface area (Å²) in [5, 5.41) is 5.18. The van der Waals surface area contributed by atoms with Gasteiger partial charge in [0.15, 0.2) is 0 Å². The van der Waals surface area contributed by atoms with Gasteiger partial charge in [-0.05, 0) is 25.1 Å². The van der Waals surface area contributed by atoms with Gasteiger partial charge in [0.1, 0.15) is 11.6 Å². The average Bonchev–Trinajstić information content (AvgIpc) is 2.30. The van der Waals surface area contributed by atoms with E-state index in [1.54, 1.807) is 6.92 Å². The maximum Gasteiger partial charge on any atom is 0.239 e. The van der Waals surface area contributed by atoms with E-state index in [1.165, 1.54) is 7.11 Å². The summed E-state index contributed by atoms with van der Waals surface area (Å²) in [6.07, 6.45) is 0. The summed E-state index contributed by atoms with van der Waals surface area (Å²) in [6.45, 7) is 2.04. The molecule has 0 bridgehead atoms. The monoisotopic (exact) mass is 258 g/mol. The number of carbonyl (C=O) groups excluding carboxylic acids is 1. The molecule has 18 heavy (non-hydrogen) atoms. The maximum absolute atomic E-state index is 13.2. The molecular weight excluding hydrogens is 242 g/mol. The predicted molar refractivity (Wildman–Crippen MR) is 64.3 cm³/mol. The third kappa shape index (κ3) is 4.67. The molecule has 1 aromatic rings. The topological polar surface area (TPSA) is 50.4 Å². The average molecular weight is 258 g/mol. The fraction of sp³-hybridized carbons (Fsp3) is 0.417. The van der Waals surface area contributed by atoms with E-state index in [-0.39, 0.29) is 24.2 Å². The number of halogens is 2. The second-order valence-corrected chi connectivity index (χ2v) is 3.90. The van der Waals surface area contributed by atoms with Gasteiger partial charge in [-0.25, -0.2) is 8.78 Å². The van der Waals surface area contributed by atoms with Crippen LogP contribution in [0.2, 0.25) is 0 Å². The Morgan fingerprint density at radius 1 is 1.44 bits per heavy atom. The number of methoxy groups -OCH3 is 1. The van der Waals surface area contributed by atoms with Crippen LogP contribution in [0.4, 0.5) is 14.5 Å².